The first kappa shape index (κ1) is 15.9. The Morgan fingerprint density at radius 1 is 1.32 bits per heavy atom. The molecule has 1 aromatic carbocycles. The van der Waals surface area contributed by atoms with E-state index in [-0.39, 0.29) is 18.5 Å². The van der Waals surface area contributed by atoms with Gasteiger partial charge in [-0.3, -0.25) is 0 Å². The fourth-order valence-electron chi connectivity index (χ4n) is 3.33. The Bertz CT molecular complexity index is 788. The summed E-state index contributed by atoms with van der Waals surface area (Å²) in [7, 11) is 1.61. The molecule has 0 spiro atoms. The van der Waals surface area contributed by atoms with E-state index in [4.69, 9.17) is 9.47 Å². The maximum atomic E-state index is 13.5. The maximum absolute atomic E-state index is 13.5. The Morgan fingerprint density at radius 3 is 2.96 bits per heavy atom. The van der Waals surface area contributed by atoms with Crippen molar-refractivity contribution in [3.05, 3.63) is 35.8 Å². The van der Waals surface area contributed by atoms with E-state index < -0.39 is 11.9 Å². The number of hydrogen-bond donors (Lipinski definition) is 2. The SMILES string of the molecule is CNc1nc(N2CC[C@@H](c3ccc4c(c3)OCO4)[C@H](O)C2)ncc1F. The van der Waals surface area contributed by atoms with Crippen molar-refractivity contribution in [2.75, 3.05) is 37.1 Å². The fourth-order valence-corrected chi connectivity index (χ4v) is 3.33. The van der Waals surface area contributed by atoms with Gasteiger partial charge in [-0.1, -0.05) is 6.07 Å². The van der Waals surface area contributed by atoms with E-state index in [1.165, 1.54) is 0 Å². The second-order valence-electron chi connectivity index (χ2n) is 6.14. The monoisotopic (exact) mass is 346 g/mol. The molecule has 25 heavy (non-hydrogen) atoms. The van der Waals surface area contributed by atoms with Crippen LogP contribution in [0.4, 0.5) is 16.2 Å². The summed E-state index contributed by atoms with van der Waals surface area (Å²) >= 11 is 0. The molecule has 2 N–H and O–H groups in total. The highest BCUT2D eigenvalue weighted by Crippen LogP contribution is 2.37. The molecule has 0 saturated carbocycles. The Hall–Kier alpha value is -2.61. The lowest BCUT2D eigenvalue weighted by Gasteiger charge is -2.36. The molecule has 0 aliphatic carbocycles. The number of benzene rings is 1. The maximum Gasteiger partial charge on any atom is 0.231 e. The van der Waals surface area contributed by atoms with Gasteiger partial charge in [0.15, 0.2) is 23.1 Å². The van der Waals surface area contributed by atoms with Crippen LogP contribution < -0.4 is 19.7 Å². The molecule has 132 valence electrons. The summed E-state index contributed by atoms with van der Waals surface area (Å²) < 4.78 is 24.3. The quantitative estimate of drug-likeness (QED) is 0.876. The van der Waals surface area contributed by atoms with Gasteiger partial charge in [-0.15, -0.1) is 0 Å². The van der Waals surface area contributed by atoms with Gasteiger partial charge in [0.25, 0.3) is 0 Å². The Balaban J connectivity index is 1.50. The zero-order valence-electron chi connectivity index (χ0n) is 13.8. The van der Waals surface area contributed by atoms with Crippen molar-refractivity contribution in [3.8, 4) is 11.5 Å². The highest BCUT2D eigenvalue weighted by atomic mass is 19.1. The number of fused-ring (bicyclic) bond motifs is 1. The molecule has 1 aromatic heterocycles. The number of piperidine rings is 1. The van der Waals surface area contributed by atoms with E-state index in [0.717, 1.165) is 23.9 Å². The molecular formula is C17H19FN4O3. The molecule has 2 aromatic rings. The molecular weight excluding hydrogens is 327 g/mol. The molecule has 2 aliphatic heterocycles. The Labute approximate surface area is 144 Å². The van der Waals surface area contributed by atoms with Crippen molar-refractivity contribution in [3.63, 3.8) is 0 Å². The van der Waals surface area contributed by atoms with Crippen molar-refractivity contribution in [1.29, 1.82) is 0 Å². The fraction of sp³-hybridized carbons (Fsp3) is 0.412. The first-order valence-electron chi connectivity index (χ1n) is 8.18. The average molecular weight is 346 g/mol. The largest absolute Gasteiger partial charge is 0.454 e. The molecule has 0 amide bonds. The van der Waals surface area contributed by atoms with E-state index in [1.807, 2.05) is 23.1 Å². The minimum atomic E-state index is -0.583. The van der Waals surface area contributed by atoms with Crippen LogP contribution in [0, 0.1) is 5.82 Å². The van der Waals surface area contributed by atoms with Gasteiger partial charge in [-0.05, 0) is 24.1 Å². The summed E-state index contributed by atoms with van der Waals surface area (Å²) in [4.78, 5) is 10.1. The Morgan fingerprint density at radius 2 is 2.16 bits per heavy atom. The number of nitrogens with zero attached hydrogens (tertiary/aromatic N) is 3. The number of ether oxygens (including phenoxy) is 2. The van der Waals surface area contributed by atoms with E-state index in [0.29, 0.717) is 24.8 Å². The number of β-amino-alcohol motifs (C(OH)–C–C–N with tert-alkyl or cyclic N) is 1. The van der Waals surface area contributed by atoms with E-state index in [2.05, 4.69) is 15.3 Å². The standard InChI is InChI=1S/C17H19FN4O3/c1-19-16-12(18)7-20-17(21-16)22-5-4-11(13(23)8-22)10-2-3-14-15(6-10)25-9-24-14/h2-3,6-7,11,13,23H,4-5,8-9H2,1H3,(H,19,20,21)/t11-,13+/m0/s1. The predicted octanol–water partition coefficient (Wildman–Crippen LogP) is 1.74. The molecule has 2 aliphatic rings. The number of aromatic nitrogens is 2. The van der Waals surface area contributed by atoms with Crippen LogP contribution in [0.15, 0.2) is 24.4 Å². The number of hydrogen-bond acceptors (Lipinski definition) is 7. The van der Waals surface area contributed by atoms with Gasteiger partial charge in [-0.25, -0.2) is 9.37 Å². The lowest BCUT2D eigenvalue weighted by Crippen LogP contribution is -2.43. The highest BCUT2D eigenvalue weighted by molar-refractivity contribution is 5.47. The number of rotatable bonds is 3. The van der Waals surface area contributed by atoms with Crippen molar-refractivity contribution in [2.45, 2.75) is 18.4 Å². The van der Waals surface area contributed by atoms with Crippen LogP contribution in [0.2, 0.25) is 0 Å². The van der Waals surface area contributed by atoms with Gasteiger partial charge >= 0.3 is 0 Å². The topological polar surface area (TPSA) is 79.7 Å². The highest BCUT2D eigenvalue weighted by Gasteiger charge is 2.31. The van der Waals surface area contributed by atoms with Crippen LogP contribution >= 0.6 is 0 Å². The van der Waals surface area contributed by atoms with Gasteiger partial charge in [0.1, 0.15) is 0 Å². The summed E-state index contributed by atoms with van der Waals surface area (Å²) in [5, 5.41) is 13.3. The molecule has 0 bridgehead atoms. The molecule has 7 nitrogen and oxygen atoms in total. The van der Waals surface area contributed by atoms with Crippen molar-refractivity contribution < 1.29 is 19.0 Å². The predicted molar refractivity (Wildman–Crippen MR) is 89.7 cm³/mol. The van der Waals surface area contributed by atoms with Gasteiger partial charge in [0.2, 0.25) is 12.7 Å². The second kappa shape index (κ2) is 6.36. The smallest absolute Gasteiger partial charge is 0.231 e. The zero-order chi connectivity index (χ0) is 17.4. The third kappa shape index (κ3) is 2.93. The molecule has 2 atom stereocenters. The second-order valence-corrected chi connectivity index (χ2v) is 6.14. The van der Waals surface area contributed by atoms with Crippen LogP contribution in [-0.4, -0.2) is 48.1 Å². The van der Waals surface area contributed by atoms with Crippen LogP contribution in [-0.2, 0) is 0 Å². The lowest BCUT2D eigenvalue weighted by atomic mass is 9.87. The van der Waals surface area contributed by atoms with Gasteiger partial charge in [-0.2, -0.15) is 4.98 Å². The first-order chi connectivity index (χ1) is 12.2. The zero-order valence-corrected chi connectivity index (χ0v) is 13.8. The Kier molecular flexibility index (Phi) is 4.04. The third-order valence-electron chi connectivity index (χ3n) is 4.66. The van der Waals surface area contributed by atoms with E-state index >= 15 is 0 Å². The summed E-state index contributed by atoms with van der Waals surface area (Å²) in [6.07, 6.45) is 1.29. The molecule has 8 heteroatoms. The molecule has 3 heterocycles. The van der Waals surface area contributed by atoms with Crippen molar-refractivity contribution in [2.24, 2.45) is 0 Å². The number of anilines is 2. The van der Waals surface area contributed by atoms with Crippen LogP contribution in [0.1, 0.15) is 17.9 Å². The van der Waals surface area contributed by atoms with Gasteiger partial charge < -0.3 is 24.8 Å². The first-order valence-corrected chi connectivity index (χ1v) is 8.18. The summed E-state index contributed by atoms with van der Waals surface area (Å²) in [5.41, 5.74) is 1.02. The molecule has 4 rings (SSSR count). The number of aliphatic hydroxyl groups excluding tert-OH is 1. The minimum Gasteiger partial charge on any atom is -0.454 e. The van der Waals surface area contributed by atoms with E-state index in [1.54, 1.807) is 7.05 Å². The van der Waals surface area contributed by atoms with Gasteiger partial charge in [0, 0.05) is 26.1 Å². The molecule has 0 radical (unpaired) electrons. The van der Waals surface area contributed by atoms with Crippen molar-refractivity contribution >= 4 is 11.8 Å². The van der Waals surface area contributed by atoms with Crippen LogP contribution in [0.5, 0.6) is 11.5 Å². The number of halogens is 1. The summed E-state index contributed by atoms with van der Waals surface area (Å²) in [6.45, 7) is 1.29. The number of aliphatic hydroxyl groups is 1. The van der Waals surface area contributed by atoms with Crippen LogP contribution in [0.25, 0.3) is 0 Å². The third-order valence-corrected chi connectivity index (χ3v) is 4.66. The molecule has 0 unspecified atom stereocenters. The summed E-state index contributed by atoms with van der Waals surface area (Å²) in [6, 6.07) is 5.77. The average Bonchev–Trinajstić information content (AvgIpc) is 3.09. The van der Waals surface area contributed by atoms with Crippen molar-refractivity contribution in [1.82, 2.24) is 9.97 Å². The number of nitrogens with one attached hydrogen (secondary N) is 1. The normalized spacial score (nSPS) is 22.1. The van der Waals surface area contributed by atoms with Crippen LogP contribution in [0.3, 0.4) is 0 Å². The lowest BCUT2D eigenvalue weighted by molar-refractivity contribution is 0.129. The molecule has 1 saturated heterocycles. The van der Waals surface area contributed by atoms with Gasteiger partial charge in [0.05, 0.1) is 12.3 Å². The molecule has 1 fully saturated rings. The summed E-state index contributed by atoms with van der Waals surface area (Å²) in [5.74, 6) is 1.51. The van der Waals surface area contributed by atoms with E-state index in [9.17, 15) is 9.50 Å². The minimum absolute atomic E-state index is 0.00466.